The van der Waals surface area contributed by atoms with Gasteiger partial charge in [-0.1, -0.05) is 30.3 Å². The molecule has 2 amide bonds. The molecule has 0 saturated carbocycles. The Labute approximate surface area is 245 Å². The van der Waals surface area contributed by atoms with E-state index in [1.54, 1.807) is 48.5 Å². The van der Waals surface area contributed by atoms with Crippen molar-refractivity contribution in [3.63, 3.8) is 0 Å². The van der Waals surface area contributed by atoms with Crippen molar-refractivity contribution in [3.8, 4) is 0 Å². The van der Waals surface area contributed by atoms with Crippen LogP contribution >= 0.6 is 0 Å². The number of benzene rings is 4. The Morgan fingerprint density at radius 1 is 0.857 bits per heavy atom. The van der Waals surface area contributed by atoms with E-state index in [-0.39, 0.29) is 22.7 Å². The number of amidine groups is 1. The Bertz CT molecular complexity index is 1640. The van der Waals surface area contributed by atoms with Crippen LogP contribution in [0.4, 0.5) is 22.7 Å². The third-order valence-electron chi connectivity index (χ3n) is 6.18. The zero-order valence-corrected chi connectivity index (χ0v) is 24.3. The molecule has 218 valence electrons. The highest BCUT2D eigenvalue weighted by Crippen LogP contribution is 2.26. The number of nitrogens with one attached hydrogen (secondary N) is 5. The molecule has 0 bridgehead atoms. The molecule has 0 spiro atoms. The summed E-state index contributed by atoms with van der Waals surface area (Å²) < 4.78 is 23.4. The first-order valence-corrected chi connectivity index (χ1v) is 14.8. The second kappa shape index (κ2) is 14.5. The van der Waals surface area contributed by atoms with E-state index in [1.807, 2.05) is 43.4 Å². The van der Waals surface area contributed by atoms with Crippen LogP contribution in [0.25, 0.3) is 0 Å². The number of hydrogen-bond acceptors (Lipinski definition) is 7. The smallest absolute Gasteiger partial charge is 0.255 e. The Morgan fingerprint density at radius 3 is 2.05 bits per heavy atom. The van der Waals surface area contributed by atoms with Gasteiger partial charge in [-0.15, -0.1) is 0 Å². The van der Waals surface area contributed by atoms with Crippen molar-refractivity contribution in [2.75, 3.05) is 34.6 Å². The topological polar surface area (TPSA) is 166 Å². The Morgan fingerprint density at radius 2 is 1.48 bits per heavy atom. The highest BCUT2D eigenvalue weighted by Gasteiger charge is 2.12. The first-order valence-electron chi connectivity index (χ1n) is 12.9. The molecule has 0 aliphatic carbocycles. The van der Waals surface area contributed by atoms with E-state index in [2.05, 4.69) is 28.2 Å². The molecule has 11 heteroatoms. The summed E-state index contributed by atoms with van der Waals surface area (Å²) in [6, 6.07) is 28.3. The number of nitrogens with two attached hydrogens (primary N) is 1. The van der Waals surface area contributed by atoms with E-state index < -0.39 is 9.84 Å². The normalized spacial score (nSPS) is 11.2. The lowest BCUT2D eigenvalue weighted by Gasteiger charge is -2.18. The maximum absolute atomic E-state index is 12.5. The van der Waals surface area contributed by atoms with Crippen LogP contribution in [0.2, 0.25) is 0 Å². The highest BCUT2D eigenvalue weighted by atomic mass is 32.2. The number of para-hydroxylation sites is 2. The van der Waals surface area contributed by atoms with Crippen LogP contribution in [-0.4, -0.2) is 39.9 Å². The van der Waals surface area contributed by atoms with Crippen molar-refractivity contribution in [1.29, 1.82) is 5.41 Å². The summed E-state index contributed by atoms with van der Waals surface area (Å²) in [5.41, 5.74) is 10.5. The fourth-order valence-electron chi connectivity index (χ4n) is 3.89. The molecule has 0 radical (unpaired) electrons. The van der Waals surface area contributed by atoms with E-state index in [4.69, 9.17) is 11.1 Å². The molecule has 10 nitrogen and oxygen atoms in total. The molecule has 7 N–H and O–H groups in total. The van der Waals surface area contributed by atoms with E-state index in [1.165, 1.54) is 12.1 Å². The van der Waals surface area contributed by atoms with Crippen molar-refractivity contribution in [2.45, 2.75) is 17.9 Å². The van der Waals surface area contributed by atoms with Crippen molar-refractivity contribution in [1.82, 2.24) is 0 Å². The lowest BCUT2D eigenvalue weighted by molar-refractivity contribution is -0.105. The lowest BCUT2D eigenvalue weighted by Crippen LogP contribution is -2.13. The van der Waals surface area contributed by atoms with E-state index >= 15 is 0 Å². The molecule has 4 aromatic rings. The number of nitrogen functional groups attached to an aromatic ring is 1. The zero-order valence-electron chi connectivity index (χ0n) is 23.5. The molecule has 1 atom stereocenters. The Hall–Kier alpha value is -5.16. The average Bonchev–Trinajstić information content (AvgIpc) is 2.98. The van der Waals surface area contributed by atoms with E-state index in [0.717, 1.165) is 23.2 Å². The van der Waals surface area contributed by atoms with E-state index in [9.17, 15) is 18.0 Å². The monoisotopic (exact) mass is 586 g/mol. The van der Waals surface area contributed by atoms with E-state index in [0.29, 0.717) is 28.9 Å². The molecule has 0 aromatic heterocycles. The van der Waals surface area contributed by atoms with Crippen molar-refractivity contribution in [3.05, 3.63) is 114 Å². The third kappa shape index (κ3) is 8.93. The van der Waals surface area contributed by atoms with Crippen LogP contribution in [0.15, 0.2) is 102 Å². The van der Waals surface area contributed by atoms with Crippen LogP contribution in [0.1, 0.15) is 34.5 Å². The van der Waals surface area contributed by atoms with Gasteiger partial charge in [0.05, 0.1) is 16.3 Å². The molecule has 0 saturated heterocycles. The summed E-state index contributed by atoms with van der Waals surface area (Å²) in [6.45, 7) is 2.05. The van der Waals surface area contributed by atoms with Crippen LogP contribution in [-0.2, 0) is 14.6 Å². The number of sulfone groups is 1. The molecule has 0 heterocycles. The Balaban J connectivity index is 0.000000337. The SMILES string of the molecule is CNc1ccccc1NC(C)c1ccc(C(=O)Nc2cccc(S(C)(=O)=O)c2)cc1.N=C(N)c1ccc(NC=O)cc1. The van der Waals surface area contributed by atoms with Gasteiger partial charge in [-0.05, 0) is 79.2 Å². The Kier molecular flexibility index (Phi) is 10.8. The molecule has 0 aliphatic heterocycles. The number of rotatable bonds is 10. The quantitative estimate of drug-likeness (QED) is 0.0854. The minimum atomic E-state index is -3.33. The maximum atomic E-state index is 12.5. The van der Waals surface area contributed by atoms with Gasteiger partial charge in [0.1, 0.15) is 5.84 Å². The molecule has 4 rings (SSSR count). The van der Waals surface area contributed by atoms with Gasteiger partial charge in [-0.3, -0.25) is 15.0 Å². The van der Waals surface area contributed by atoms with Gasteiger partial charge in [0, 0.05) is 41.8 Å². The van der Waals surface area contributed by atoms with Gasteiger partial charge in [-0.25, -0.2) is 8.42 Å². The number of carbonyl (C=O) groups excluding carboxylic acids is 2. The average molecular weight is 587 g/mol. The number of anilines is 4. The first-order chi connectivity index (χ1) is 20.0. The molecule has 4 aromatic carbocycles. The molecule has 0 fully saturated rings. The third-order valence-corrected chi connectivity index (χ3v) is 7.29. The van der Waals surface area contributed by atoms with Gasteiger partial charge in [0.25, 0.3) is 5.91 Å². The zero-order chi connectivity index (χ0) is 30.7. The molecule has 42 heavy (non-hydrogen) atoms. The molecule has 1 unspecified atom stereocenters. The van der Waals surface area contributed by atoms with Gasteiger partial charge in [0.2, 0.25) is 6.41 Å². The fourth-order valence-corrected chi connectivity index (χ4v) is 4.56. The number of amides is 2. The highest BCUT2D eigenvalue weighted by molar-refractivity contribution is 7.90. The number of carbonyl (C=O) groups is 2. The predicted octanol–water partition coefficient (Wildman–Crippen LogP) is 5.10. The second-order valence-electron chi connectivity index (χ2n) is 9.29. The fraction of sp³-hybridized carbons (Fsp3) is 0.129. The summed E-state index contributed by atoms with van der Waals surface area (Å²) >= 11 is 0. The minimum absolute atomic E-state index is 0.0210. The summed E-state index contributed by atoms with van der Waals surface area (Å²) in [5.74, 6) is -0.277. The summed E-state index contributed by atoms with van der Waals surface area (Å²) in [6.07, 6.45) is 1.74. The lowest BCUT2D eigenvalue weighted by atomic mass is 10.0. The summed E-state index contributed by atoms with van der Waals surface area (Å²) in [7, 11) is -1.46. The maximum Gasteiger partial charge on any atom is 0.255 e. The van der Waals surface area contributed by atoms with Crippen LogP contribution in [0.3, 0.4) is 0 Å². The van der Waals surface area contributed by atoms with Crippen molar-refractivity contribution in [2.24, 2.45) is 5.73 Å². The van der Waals surface area contributed by atoms with Crippen LogP contribution in [0.5, 0.6) is 0 Å². The van der Waals surface area contributed by atoms with Crippen molar-refractivity contribution < 1.29 is 18.0 Å². The van der Waals surface area contributed by atoms with Crippen LogP contribution < -0.4 is 27.0 Å². The number of hydrogen-bond donors (Lipinski definition) is 6. The molecule has 0 aliphatic rings. The molecular formula is C31H34N6O4S. The standard InChI is InChI=1S/C23H25N3O3S.C8H9N3O/c1-16(25-22-10-5-4-9-21(22)24-2)17-11-13-18(14-12-17)23(27)26-19-7-6-8-20(15-19)30(3,28)29;9-8(10)6-1-3-7(4-2-6)11-5-12/h4-16,24-25H,1-3H3,(H,26,27);1-5H,(H3,9,10)(H,11,12). The second-order valence-corrected chi connectivity index (χ2v) is 11.3. The minimum Gasteiger partial charge on any atom is -0.386 e. The first kappa shape index (κ1) is 31.4. The van der Waals surface area contributed by atoms with Gasteiger partial charge in [-0.2, -0.15) is 0 Å². The van der Waals surface area contributed by atoms with Gasteiger partial charge >= 0.3 is 0 Å². The predicted molar refractivity (Wildman–Crippen MR) is 169 cm³/mol. The summed E-state index contributed by atoms with van der Waals surface area (Å²) in [4.78, 5) is 22.7. The largest absolute Gasteiger partial charge is 0.386 e. The van der Waals surface area contributed by atoms with Gasteiger partial charge < -0.3 is 27.0 Å². The van der Waals surface area contributed by atoms with Crippen LogP contribution in [0, 0.1) is 5.41 Å². The summed E-state index contributed by atoms with van der Waals surface area (Å²) in [5, 5.41) is 19.0. The van der Waals surface area contributed by atoms with Gasteiger partial charge in [0.15, 0.2) is 9.84 Å². The molecular weight excluding hydrogens is 552 g/mol. The van der Waals surface area contributed by atoms with Crippen molar-refractivity contribution >= 4 is 50.7 Å².